The van der Waals surface area contributed by atoms with Crippen LogP contribution in [0, 0.1) is 6.92 Å². The van der Waals surface area contributed by atoms with Crippen molar-refractivity contribution >= 4 is 16.0 Å². The van der Waals surface area contributed by atoms with Crippen molar-refractivity contribution in [2.75, 3.05) is 13.1 Å². The van der Waals surface area contributed by atoms with Crippen LogP contribution >= 0.6 is 0 Å². The Morgan fingerprint density at radius 1 is 1.22 bits per heavy atom. The molecule has 0 saturated carbocycles. The first kappa shape index (κ1) is 19.6. The van der Waals surface area contributed by atoms with Crippen LogP contribution in [0.3, 0.4) is 0 Å². The average molecular weight is 342 g/mol. The Bertz CT molecular complexity index is 646. The molecule has 1 aromatic rings. The number of nitrogens with zero attached hydrogens (tertiary/aromatic N) is 1. The van der Waals surface area contributed by atoms with Gasteiger partial charge in [0, 0.05) is 25.2 Å². The highest BCUT2D eigenvalue weighted by atomic mass is 32.2. The van der Waals surface area contributed by atoms with E-state index in [0.29, 0.717) is 24.2 Å². The molecule has 23 heavy (non-hydrogen) atoms. The molecule has 0 aliphatic rings. The van der Waals surface area contributed by atoms with Gasteiger partial charge >= 0.3 is 5.97 Å². The van der Waals surface area contributed by atoms with Crippen LogP contribution < -0.4 is 4.72 Å². The maximum atomic E-state index is 12.3. The lowest BCUT2D eigenvalue weighted by Gasteiger charge is -2.30. The molecule has 0 saturated heterocycles. The van der Waals surface area contributed by atoms with E-state index in [-0.39, 0.29) is 17.0 Å². The summed E-state index contributed by atoms with van der Waals surface area (Å²) in [6.45, 7) is 10.8. The predicted molar refractivity (Wildman–Crippen MR) is 90.3 cm³/mol. The van der Waals surface area contributed by atoms with Crippen LogP contribution in [-0.2, 0) is 10.0 Å². The molecule has 0 atom stereocenters. The Balaban J connectivity index is 2.84. The third kappa shape index (κ3) is 5.30. The molecule has 0 unspecified atom stereocenters. The molecule has 2 N–H and O–H groups in total. The van der Waals surface area contributed by atoms with Crippen LogP contribution in [0.1, 0.15) is 43.6 Å². The van der Waals surface area contributed by atoms with Gasteiger partial charge in [0.1, 0.15) is 0 Å². The van der Waals surface area contributed by atoms with Gasteiger partial charge in [-0.1, -0.05) is 6.07 Å². The second-order valence-electron chi connectivity index (χ2n) is 6.10. The average Bonchev–Trinajstić information content (AvgIpc) is 2.42. The number of nitrogens with one attached hydrogen (secondary N) is 1. The van der Waals surface area contributed by atoms with Crippen LogP contribution in [0.4, 0.5) is 0 Å². The van der Waals surface area contributed by atoms with Gasteiger partial charge in [0.2, 0.25) is 10.0 Å². The molecule has 0 aromatic heterocycles. The molecule has 7 heteroatoms. The topological polar surface area (TPSA) is 86.7 Å². The zero-order chi connectivity index (χ0) is 17.8. The minimum Gasteiger partial charge on any atom is -0.478 e. The highest BCUT2D eigenvalue weighted by molar-refractivity contribution is 7.89. The van der Waals surface area contributed by atoms with Crippen molar-refractivity contribution in [1.29, 1.82) is 0 Å². The monoisotopic (exact) mass is 342 g/mol. The van der Waals surface area contributed by atoms with Gasteiger partial charge in [0.15, 0.2) is 0 Å². The Kier molecular flexibility index (Phi) is 6.73. The van der Waals surface area contributed by atoms with Crippen LogP contribution in [0.15, 0.2) is 23.1 Å². The first-order valence-electron chi connectivity index (χ1n) is 7.65. The van der Waals surface area contributed by atoms with E-state index in [0.717, 1.165) is 0 Å². The smallest absolute Gasteiger partial charge is 0.335 e. The van der Waals surface area contributed by atoms with Crippen molar-refractivity contribution in [2.24, 2.45) is 0 Å². The van der Waals surface area contributed by atoms with E-state index in [9.17, 15) is 13.2 Å². The number of hydrogen-bond acceptors (Lipinski definition) is 4. The van der Waals surface area contributed by atoms with E-state index >= 15 is 0 Å². The molecule has 6 nitrogen and oxygen atoms in total. The zero-order valence-electron chi connectivity index (χ0n) is 14.3. The number of aromatic carboxylic acids is 1. The van der Waals surface area contributed by atoms with E-state index in [2.05, 4.69) is 37.3 Å². The Hall–Kier alpha value is -1.44. The van der Waals surface area contributed by atoms with Crippen molar-refractivity contribution in [2.45, 2.75) is 51.6 Å². The first-order chi connectivity index (χ1) is 10.6. The summed E-state index contributed by atoms with van der Waals surface area (Å²) >= 11 is 0. The van der Waals surface area contributed by atoms with Crippen molar-refractivity contribution in [3.8, 4) is 0 Å². The summed E-state index contributed by atoms with van der Waals surface area (Å²) in [7, 11) is -3.72. The maximum absolute atomic E-state index is 12.3. The Morgan fingerprint density at radius 2 is 1.78 bits per heavy atom. The highest BCUT2D eigenvalue weighted by Gasteiger charge is 2.19. The van der Waals surface area contributed by atoms with Crippen molar-refractivity contribution in [3.63, 3.8) is 0 Å². The molecular weight excluding hydrogens is 316 g/mol. The quantitative estimate of drug-likeness (QED) is 0.755. The van der Waals surface area contributed by atoms with Crippen LogP contribution in [0.2, 0.25) is 0 Å². The van der Waals surface area contributed by atoms with Crippen molar-refractivity contribution < 1.29 is 18.3 Å². The molecule has 0 fully saturated rings. The van der Waals surface area contributed by atoms with Crippen LogP contribution in [0.25, 0.3) is 0 Å². The molecule has 0 aliphatic heterocycles. The summed E-state index contributed by atoms with van der Waals surface area (Å²) in [6, 6.07) is 4.76. The van der Waals surface area contributed by atoms with Gasteiger partial charge in [-0.05, 0) is 52.3 Å². The highest BCUT2D eigenvalue weighted by Crippen LogP contribution is 2.15. The summed E-state index contributed by atoms with van der Waals surface area (Å²) in [5, 5.41) is 9.10. The van der Waals surface area contributed by atoms with E-state index in [1.807, 2.05) is 0 Å². The van der Waals surface area contributed by atoms with Crippen molar-refractivity contribution in [1.82, 2.24) is 9.62 Å². The van der Waals surface area contributed by atoms with E-state index < -0.39 is 16.0 Å². The summed E-state index contributed by atoms with van der Waals surface area (Å²) in [5.41, 5.74) is 0.529. The molecule has 1 rings (SSSR count). The van der Waals surface area contributed by atoms with Crippen molar-refractivity contribution in [3.05, 3.63) is 29.3 Å². The SMILES string of the molecule is Cc1ccc(S(=O)(=O)NCCN(C(C)C)C(C)C)cc1C(=O)O. The lowest BCUT2D eigenvalue weighted by atomic mass is 10.1. The molecule has 0 spiro atoms. The molecule has 0 radical (unpaired) electrons. The van der Waals surface area contributed by atoms with Gasteiger partial charge < -0.3 is 5.11 Å². The second kappa shape index (κ2) is 7.90. The second-order valence-corrected chi connectivity index (χ2v) is 7.87. The third-order valence-corrected chi connectivity index (χ3v) is 5.20. The summed E-state index contributed by atoms with van der Waals surface area (Å²) in [6.07, 6.45) is 0. The molecule has 0 amide bonds. The number of carboxylic acids is 1. The van der Waals surface area contributed by atoms with Gasteiger partial charge in [0.25, 0.3) is 0 Å². The van der Waals surface area contributed by atoms with Gasteiger partial charge in [-0.2, -0.15) is 0 Å². The summed E-state index contributed by atoms with van der Waals surface area (Å²) in [4.78, 5) is 13.3. The largest absolute Gasteiger partial charge is 0.478 e. The number of rotatable bonds is 8. The van der Waals surface area contributed by atoms with Gasteiger partial charge in [-0.15, -0.1) is 0 Å². The number of benzene rings is 1. The summed E-state index contributed by atoms with van der Waals surface area (Å²) in [5.74, 6) is -1.13. The molecule has 0 bridgehead atoms. The normalized spacial score (nSPS) is 12.3. The molecule has 0 aliphatic carbocycles. The maximum Gasteiger partial charge on any atom is 0.335 e. The van der Waals surface area contributed by atoms with Crippen LogP contribution in [0.5, 0.6) is 0 Å². The number of aryl methyl sites for hydroxylation is 1. The van der Waals surface area contributed by atoms with Crippen LogP contribution in [-0.4, -0.2) is 49.6 Å². The third-order valence-electron chi connectivity index (χ3n) is 3.74. The Morgan fingerprint density at radius 3 is 2.26 bits per heavy atom. The number of carbonyl (C=O) groups is 1. The molecule has 0 heterocycles. The number of hydrogen-bond donors (Lipinski definition) is 2. The standard InChI is InChI=1S/C16H26N2O4S/c1-11(2)18(12(3)4)9-8-17-23(21,22)14-7-6-13(5)15(10-14)16(19)20/h6-7,10-12,17H,8-9H2,1-5H3,(H,19,20). The van der Waals surface area contributed by atoms with E-state index in [1.54, 1.807) is 6.92 Å². The minimum absolute atomic E-state index is 0.00105. The van der Waals surface area contributed by atoms with E-state index in [4.69, 9.17) is 5.11 Å². The fourth-order valence-corrected chi connectivity index (χ4v) is 3.55. The fraction of sp³-hybridized carbons (Fsp3) is 0.562. The minimum atomic E-state index is -3.72. The predicted octanol–water partition coefficient (Wildman–Crippen LogP) is 2.09. The van der Waals surface area contributed by atoms with E-state index in [1.165, 1.54) is 18.2 Å². The summed E-state index contributed by atoms with van der Waals surface area (Å²) < 4.78 is 27.2. The van der Waals surface area contributed by atoms with Gasteiger partial charge in [0.05, 0.1) is 10.5 Å². The molecule has 1 aromatic carbocycles. The molecule has 130 valence electrons. The lowest BCUT2D eigenvalue weighted by molar-refractivity contribution is 0.0696. The number of sulfonamides is 1. The zero-order valence-corrected chi connectivity index (χ0v) is 15.1. The fourth-order valence-electron chi connectivity index (χ4n) is 2.50. The van der Waals surface area contributed by atoms with Gasteiger partial charge in [-0.25, -0.2) is 17.9 Å². The lowest BCUT2D eigenvalue weighted by Crippen LogP contribution is -2.42. The molecular formula is C16H26N2O4S. The van der Waals surface area contributed by atoms with Gasteiger partial charge in [-0.3, -0.25) is 4.90 Å². The number of carboxylic acid groups (broad SMARTS) is 1. The Labute approximate surface area is 138 Å². The first-order valence-corrected chi connectivity index (χ1v) is 9.14.